The Bertz CT molecular complexity index is 700. The van der Waals surface area contributed by atoms with Gasteiger partial charge in [-0.2, -0.15) is 0 Å². The zero-order valence-corrected chi connectivity index (χ0v) is 16.0. The largest absolute Gasteiger partial charge is 0.332 e. The van der Waals surface area contributed by atoms with Crippen molar-refractivity contribution >= 4 is 17.7 Å². The summed E-state index contributed by atoms with van der Waals surface area (Å²) < 4.78 is 0. The maximum absolute atomic E-state index is 13.0. The number of likely N-dealkylation sites (tertiary alicyclic amines) is 1. The van der Waals surface area contributed by atoms with Gasteiger partial charge in [-0.15, -0.1) is 0 Å². The first kappa shape index (κ1) is 18.6. The second kappa shape index (κ2) is 6.86. The summed E-state index contributed by atoms with van der Waals surface area (Å²) in [4.78, 5) is 41.3. The van der Waals surface area contributed by atoms with Gasteiger partial charge in [-0.25, -0.2) is 0 Å². The lowest BCUT2D eigenvalue weighted by Gasteiger charge is -2.37. The lowest BCUT2D eigenvalue weighted by atomic mass is 9.84. The van der Waals surface area contributed by atoms with E-state index >= 15 is 0 Å². The molecule has 0 radical (unpaired) electrons. The van der Waals surface area contributed by atoms with E-state index in [0.29, 0.717) is 6.54 Å². The summed E-state index contributed by atoms with van der Waals surface area (Å²) in [5, 5.41) is 0. The Morgan fingerprint density at radius 3 is 2.31 bits per heavy atom. The first-order valence-electron chi connectivity index (χ1n) is 9.42. The smallest absolute Gasteiger partial charge is 0.243 e. The molecule has 0 atom stereocenters. The summed E-state index contributed by atoms with van der Waals surface area (Å²) in [7, 11) is 0. The minimum atomic E-state index is -0.524. The molecule has 2 aliphatic rings. The first-order chi connectivity index (χ1) is 12.2. The van der Waals surface area contributed by atoms with Crippen molar-refractivity contribution < 1.29 is 14.4 Å². The van der Waals surface area contributed by atoms with Gasteiger partial charge in [0.15, 0.2) is 0 Å². The van der Waals surface area contributed by atoms with Crippen LogP contribution in [0.1, 0.15) is 58.4 Å². The third-order valence-electron chi connectivity index (χ3n) is 5.64. The van der Waals surface area contributed by atoms with Crippen molar-refractivity contribution in [2.75, 3.05) is 6.54 Å². The van der Waals surface area contributed by atoms with E-state index in [2.05, 4.69) is 0 Å². The number of carbonyl (C=O) groups is 3. The van der Waals surface area contributed by atoms with Crippen LogP contribution in [-0.4, -0.2) is 39.6 Å². The molecule has 1 aromatic rings. The normalized spacial score (nSPS) is 19.4. The van der Waals surface area contributed by atoms with Gasteiger partial charge in [0.2, 0.25) is 17.7 Å². The van der Waals surface area contributed by atoms with Crippen molar-refractivity contribution in [3.63, 3.8) is 0 Å². The Morgan fingerprint density at radius 1 is 1.12 bits per heavy atom. The van der Waals surface area contributed by atoms with E-state index in [-0.39, 0.29) is 30.7 Å². The summed E-state index contributed by atoms with van der Waals surface area (Å²) in [6.45, 7) is 6.23. The van der Waals surface area contributed by atoms with E-state index in [0.717, 1.165) is 31.2 Å². The van der Waals surface area contributed by atoms with E-state index in [9.17, 15) is 14.4 Å². The van der Waals surface area contributed by atoms with Crippen LogP contribution in [0.4, 0.5) is 0 Å². The first-order valence-corrected chi connectivity index (χ1v) is 9.42. The van der Waals surface area contributed by atoms with E-state index < -0.39 is 11.0 Å². The number of hydrogen-bond donors (Lipinski definition) is 0. The number of benzene rings is 1. The van der Waals surface area contributed by atoms with Gasteiger partial charge < -0.3 is 4.90 Å². The van der Waals surface area contributed by atoms with E-state index in [1.165, 1.54) is 4.90 Å². The molecule has 5 heteroatoms. The number of carbonyl (C=O) groups excluding carboxylic acids is 3. The molecule has 3 rings (SSSR count). The lowest BCUT2D eigenvalue weighted by Crippen LogP contribution is -2.50. The van der Waals surface area contributed by atoms with Crippen molar-refractivity contribution in [2.24, 2.45) is 5.41 Å². The topological polar surface area (TPSA) is 57.7 Å². The highest BCUT2D eigenvalue weighted by Crippen LogP contribution is 2.46. The molecule has 0 aromatic heterocycles. The Hall–Kier alpha value is -2.17. The zero-order valence-electron chi connectivity index (χ0n) is 16.0. The molecule has 5 nitrogen and oxygen atoms in total. The molecule has 0 bridgehead atoms. The monoisotopic (exact) mass is 356 g/mol. The van der Waals surface area contributed by atoms with Crippen LogP contribution in [-0.2, 0) is 20.9 Å². The molecular weight excluding hydrogens is 328 g/mol. The lowest BCUT2D eigenvalue weighted by molar-refractivity contribution is -0.149. The average Bonchev–Trinajstić information content (AvgIpc) is 3.13. The zero-order chi connectivity index (χ0) is 18.9. The van der Waals surface area contributed by atoms with Crippen LogP contribution in [0.2, 0.25) is 0 Å². The van der Waals surface area contributed by atoms with E-state index in [4.69, 9.17) is 0 Å². The van der Waals surface area contributed by atoms with Crippen LogP contribution in [0.25, 0.3) is 0 Å². The standard InChI is InChI=1S/C21H28N2O3/c1-20(2,3)23(14-16-9-5-4-6-10-16)18(25)15-22-17(24)13-21(19(22)26)11-7-8-12-21/h4-6,9-10H,7-8,11-15H2,1-3H3. The molecule has 1 saturated heterocycles. The molecule has 140 valence electrons. The van der Waals surface area contributed by atoms with Crippen LogP contribution in [0.3, 0.4) is 0 Å². The predicted octanol–water partition coefficient (Wildman–Crippen LogP) is 3.13. The van der Waals surface area contributed by atoms with Gasteiger partial charge in [0.25, 0.3) is 0 Å². The fourth-order valence-corrected chi connectivity index (χ4v) is 4.15. The molecular formula is C21H28N2O3. The second-order valence-electron chi connectivity index (χ2n) is 8.59. The highest BCUT2D eigenvalue weighted by molar-refractivity contribution is 6.08. The van der Waals surface area contributed by atoms with Gasteiger partial charge in [0.05, 0.1) is 5.41 Å². The van der Waals surface area contributed by atoms with Gasteiger partial charge in [-0.3, -0.25) is 19.3 Å². The molecule has 26 heavy (non-hydrogen) atoms. The fourth-order valence-electron chi connectivity index (χ4n) is 4.15. The van der Waals surface area contributed by atoms with Crippen molar-refractivity contribution in [1.82, 2.24) is 9.80 Å². The van der Waals surface area contributed by atoms with Crippen LogP contribution < -0.4 is 0 Å². The Labute approximate surface area is 155 Å². The minimum absolute atomic E-state index is 0.137. The fraction of sp³-hybridized carbons (Fsp3) is 0.571. The van der Waals surface area contributed by atoms with E-state index in [1.807, 2.05) is 51.1 Å². The van der Waals surface area contributed by atoms with Gasteiger partial charge in [-0.1, -0.05) is 43.2 Å². The van der Waals surface area contributed by atoms with Gasteiger partial charge >= 0.3 is 0 Å². The molecule has 1 saturated carbocycles. The molecule has 1 spiro atoms. The summed E-state index contributed by atoms with van der Waals surface area (Å²) in [6.07, 6.45) is 3.80. The third kappa shape index (κ3) is 3.53. The molecule has 0 N–H and O–H groups in total. The average molecular weight is 356 g/mol. The van der Waals surface area contributed by atoms with Gasteiger partial charge in [0, 0.05) is 18.5 Å². The maximum atomic E-state index is 13.0. The number of amides is 3. The Kier molecular flexibility index (Phi) is 4.91. The van der Waals surface area contributed by atoms with E-state index in [1.54, 1.807) is 4.90 Å². The van der Waals surface area contributed by atoms with Crippen molar-refractivity contribution in [3.05, 3.63) is 35.9 Å². The van der Waals surface area contributed by atoms with Gasteiger partial charge in [0.1, 0.15) is 6.54 Å². The number of imide groups is 1. The number of rotatable bonds is 4. The van der Waals surface area contributed by atoms with Crippen LogP contribution >= 0.6 is 0 Å². The van der Waals surface area contributed by atoms with Crippen LogP contribution in [0, 0.1) is 5.41 Å². The minimum Gasteiger partial charge on any atom is -0.332 e. The summed E-state index contributed by atoms with van der Waals surface area (Å²) in [5.41, 5.74) is 0.106. The van der Waals surface area contributed by atoms with Crippen molar-refractivity contribution in [1.29, 1.82) is 0 Å². The Balaban J connectivity index is 1.75. The summed E-state index contributed by atoms with van der Waals surface area (Å²) >= 11 is 0. The predicted molar refractivity (Wildman–Crippen MR) is 99.0 cm³/mol. The quantitative estimate of drug-likeness (QED) is 0.779. The maximum Gasteiger partial charge on any atom is 0.243 e. The molecule has 1 aliphatic heterocycles. The molecule has 2 fully saturated rings. The molecule has 0 unspecified atom stereocenters. The van der Waals surface area contributed by atoms with Gasteiger partial charge in [-0.05, 0) is 39.2 Å². The highest BCUT2D eigenvalue weighted by Gasteiger charge is 2.53. The molecule has 1 aromatic carbocycles. The number of hydrogen-bond acceptors (Lipinski definition) is 3. The molecule has 1 aliphatic carbocycles. The molecule has 3 amide bonds. The van der Waals surface area contributed by atoms with Crippen molar-refractivity contribution in [2.45, 2.75) is 65.0 Å². The Morgan fingerprint density at radius 2 is 1.73 bits per heavy atom. The molecule has 1 heterocycles. The summed E-state index contributed by atoms with van der Waals surface area (Å²) in [6, 6.07) is 9.78. The van der Waals surface area contributed by atoms with Crippen molar-refractivity contribution in [3.8, 4) is 0 Å². The summed E-state index contributed by atoms with van der Waals surface area (Å²) in [5.74, 6) is -0.515. The third-order valence-corrected chi connectivity index (χ3v) is 5.64. The highest BCUT2D eigenvalue weighted by atomic mass is 16.2. The van der Waals surface area contributed by atoms with Crippen LogP contribution in [0.5, 0.6) is 0 Å². The second-order valence-corrected chi connectivity index (χ2v) is 8.59. The SMILES string of the molecule is CC(C)(C)N(Cc1ccccc1)C(=O)CN1C(=O)CC2(CCCC2)C1=O. The van der Waals surface area contributed by atoms with Crippen LogP contribution in [0.15, 0.2) is 30.3 Å². The number of nitrogens with zero attached hydrogens (tertiary/aromatic N) is 2.